The highest BCUT2D eigenvalue weighted by molar-refractivity contribution is 5.93. The van der Waals surface area contributed by atoms with E-state index in [1.165, 1.54) is 12.7 Å². The number of carbonyl (C=O) groups is 1. The molecule has 3 aromatic rings. The highest BCUT2D eigenvalue weighted by atomic mass is 16.5. The Hall–Kier alpha value is -2.99. The van der Waals surface area contributed by atoms with Crippen molar-refractivity contribution in [1.29, 1.82) is 0 Å². The van der Waals surface area contributed by atoms with Gasteiger partial charge in [0.2, 0.25) is 0 Å². The number of hydrogen-bond acceptors (Lipinski definition) is 5. The van der Waals surface area contributed by atoms with Gasteiger partial charge >= 0.3 is 5.97 Å². The summed E-state index contributed by atoms with van der Waals surface area (Å²) in [5, 5.41) is 0.445. The first kappa shape index (κ1) is 17.8. The number of benzene rings is 2. The van der Waals surface area contributed by atoms with Crippen LogP contribution < -0.4 is 5.56 Å². The lowest BCUT2D eigenvalue weighted by Gasteiger charge is -2.24. The van der Waals surface area contributed by atoms with Gasteiger partial charge in [-0.15, -0.1) is 0 Å². The molecule has 1 heterocycles. The van der Waals surface area contributed by atoms with Gasteiger partial charge in [-0.05, 0) is 37.7 Å². The minimum Gasteiger partial charge on any atom is -0.465 e. The van der Waals surface area contributed by atoms with E-state index in [1.807, 2.05) is 25.2 Å². The molecule has 0 aliphatic carbocycles. The van der Waals surface area contributed by atoms with Crippen molar-refractivity contribution < 1.29 is 9.53 Å². The summed E-state index contributed by atoms with van der Waals surface area (Å²) in [4.78, 5) is 33.5. The van der Waals surface area contributed by atoms with E-state index in [0.717, 1.165) is 0 Å². The number of carbonyl (C=O) groups excluding carboxylic acids is 1. The second-order valence-corrected chi connectivity index (χ2v) is 6.24. The van der Waals surface area contributed by atoms with Crippen molar-refractivity contribution in [3.8, 4) is 0 Å². The standard InChI is InChI=1S/C20H21N3O3/c1-13(14-7-5-4-6-8-14)23(2)12-18-21-17-11-15(20(25)26-3)9-10-16(17)19(24)22-18/h4-11,13H,12H2,1-3H3,(H,21,22,24)/t13-/m1/s1. The normalized spacial score (nSPS) is 12.3. The minimum absolute atomic E-state index is 0.165. The highest BCUT2D eigenvalue weighted by Crippen LogP contribution is 2.20. The van der Waals surface area contributed by atoms with Crippen molar-refractivity contribution in [1.82, 2.24) is 14.9 Å². The molecule has 3 rings (SSSR count). The maximum atomic E-state index is 12.3. The van der Waals surface area contributed by atoms with E-state index >= 15 is 0 Å². The van der Waals surface area contributed by atoms with E-state index in [2.05, 4.69) is 33.9 Å². The number of nitrogens with one attached hydrogen (secondary N) is 1. The van der Waals surface area contributed by atoms with E-state index < -0.39 is 5.97 Å². The molecule has 2 aromatic carbocycles. The third-order valence-corrected chi connectivity index (χ3v) is 4.52. The predicted octanol–water partition coefficient (Wildman–Crippen LogP) is 2.90. The molecule has 26 heavy (non-hydrogen) atoms. The van der Waals surface area contributed by atoms with Gasteiger partial charge in [0.05, 0.1) is 30.1 Å². The monoisotopic (exact) mass is 351 g/mol. The van der Waals surface area contributed by atoms with Crippen LogP contribution >= 0.6 is 0 Å². The number of aromatic amines is 1. The lowest BCUT2D eigenvalue weighted by Crippen LogP contribution is -2.25. The van der Waals surface area contributed by atoms with Crippen LogP contribution in [-0.2, 0) is 11.3 Å². The van der Waals surface area contributed by atoms with Crippen LogP contribution in [0.1, 0.15) is 34.7 Å². The van der Waals surface area contributed by atoms with Crippen molar-refractivity contribution in [3.05, 3.63) is 75.8 Å². The molecule has 0 saturated heterocycles. The first-order chi connectivity index (χ1) is 12.5. The third kappa shape index (κ3) is 3.65. The molecular formula is C20H21N3O3. The summed E-state index contributed by atoms with van der Waals surface area (Å²) in [6.45, 7) is 2.58. The molecule has 134 valence electrons. The number of ether oxygens (including phenoxy) is 1. The second-order valence-electron chi connectivity index (χ2n) is 6.24. The number of nitrogens with zero attached hydrogens (tertiary/aromatic N) is 2. The molecule has 1 aromatic heterocycles. The number of esters is 1. The Morgan fingerprint density at radius 2 is 1.96 bits per heavy atom. The molecule has 0 spiro atoms. The molecule has 0 saturated carbocycles. The van der Waals surface area contributed by atoms with E-state index in [9.17, 15) is 9.59 Å². The number of rotatable bonds is 5. The topological polar surface area (TPSA) is 75.3 Å². The van der Waals surface area contributed by atoms with Gasteiger partial charge in [0.1, 0.15) is 5.82 Å². The van der Waals surface area contributed by atoms with Crippen LogP contribution in [0.25, 0.3) is 10.9 Å². The van der Waals surface area contributed by atoms with Crippen molar-refractivity contribution >= 4 is 16.9 Å². The van der Waals surface area contributed by atoms with E-state index in [4.69, 9.17) is 4.74 Å². The summed E-state index contributed by atoms with van der Waals surface area (Å²) in [7, 11) is 3.30. The zero-order valence-electron chi connectivity index (χ0n) is 15.0. The zero-order chi connectivity index (χ0) is 18.7. The highest BCUT2D eigenvalue weighted by Gasteiger charge is 2.14. The minimum atomic E-state index is -0.453. The van der Waals surface area contributed by atoms with Gasteiger partial charge in [0, 0.05) is 6.04 Å². The molecular weight excluding hydrogens is 330 g/mol. The molecule has 0 amide bonds. The molecule has 1 atom stereocenters. The first-order valence-electron chi connectivity index (χ1n) is 8.36. The molecule has 0 radical (unpaired) electrons. The number of hydrogen-bond donors (Lipinski definition) is 1. The van der Waals surface area contributed by atoms with E-state index in [-0.39, 0.29) is 11.6 Å². The van der Waals surface area contributed by atoms with Crippen molar-refractivity contribution in [2.45, 2.75) is 19.5 Å². The Bertz CT molecular complexity index is 983. The van der Waals surface area contributed by atoms with Gasteiger partial charge in [0.15, 0.2) is 0 Å². The summed E-state index contributed by atoms with van der Waals surface area (Å²) in [5.41, 5.74) is 1.82. The zero-order valence-corrected chi connectivity index (χ0v) is 15.0. The number of aromatic nitrogens is 2. The van der Waals surface area contributed by atoms with Gasteiger partial charge in [-0.2, -0.15) is 0 Å². The SMILES string of the molecule is COC(=O)c1ccc2c(=O)[nH]c(CN(C)[C@H](C)c3ccccc3)nc2c1. The van der Waals surface area contributed by atoms with Crippen LogP contribution in [0, 0.1) is 0 Å². The summed E-state index contributed by atoms with van der Waals surface area (Å²) < 4.78 is 4.73. The number of methoxy groups -OCH3 is 1. The average molecular weight is 351 g/mol. The number of H-pyrrole nitrogens is 1. The van der Waals surface area contributed by atoms with Crippen molar-refractivity contribution in [2.24, 2.45) is 0 Å². The Morgan fingerprint density at radius 1 is 1.23 bits per heavy atom. The molecule has 6 heteroatoms. The maximum absolute atomic E-state index is 12.3. The van der Waals surface area contributed by atoms with Crippen LogP contribution in [0.15, 0.2) is 53.3 Å². The van der Waals surface area contributed by atoms with E-state index in [0.29, 0.717) is 28.8 Å². The van der Waals surface area contributed by atoms with Crippen molar-refractivity contribution in [3.63, 3.8) is 0 Å². The maximum Gasteiger partial charge on any atom is 0.337 e. The Labute approximate surface area is 151 Å². The summed E-state index contributed by atoms with van der Waals surface area (Å²) in [5.74, 6) is 0.0974. The lowest BCUT2D eigenvalue weighted by molar-refractivity contribution is 0.0601. The summed E-state index contributed by atoms with van der Waals surface area (Å²) >= 11 is 0. The fourth-order valence-electron chi connectivity index (χ4n) is 2.87. The van der Waals surface area contributed by atoms with Crippen LogP contribution in [0.2, 0.25) is 0 Å². The van der Waals surface area contributed by atoms with Gasteiger partial charge in [-0.25, -0.2) is 9.78 Å². The average Bonchev–Trinajstić information content (AvgIpc) is 2.66. The Balaban J connectivity index is 1.90. The van der Waals surface area contributed by atoms with Gasteiger partial charge in [-0.1, -0.05) is 30.3 Å². The lowest BCUT2D eigenvalue weighted by atomic mass is 10.1. The first-order valence-corrected chi connectivity index (χ1v) is 8.36. The largest absolute Gasteiger partial charge is 0.465 e. The third-order valence-electron chi connectivity index (χ3n) is 4.52. The van der Waals surface area contributed by atoms with Crippen LogP contribution in [-0.4, -0.2) is 35.0 Å². The van der Waals surface area contributed by atoms with Crippen LogP contribution in [0.3, 0.4) is 0 Å². The van der Waals surface area contributed by atoms with Gasteiger partial charge in [0.25, 0.3) is 5.56 Å². The molecule has 0 bridgehead atoms. The quantitative estimate of drug-likeness (QED) is 0.716. The molecule has 1 N–H and O–H groups in total. The predicted molar refractivity (Wildman–Crippen MR) is 100 cm³/mol. The van der Waals surface area contributed by atoms with E-state index in [1.54, 1.807) is 18.2 Å². The van der Waals surface area contributed by atoms with Crippen LogP contribution in [0.5, 0.6) is 0 Å². The number of fused-ring (bicyclic) bond motifs is 1. The smallest absolute Gasteiger partial charge is 0.337 e. The molecule has 0 fully saturated rings. The Kier molecular flexibility index (Phi) is 5.14. The molecule has 0 aliphatic heterocycles. The molecule has 6 nitrogen and oxygen atoms in total. The van der Waals surface area contributed by atoms with Crippen LogP contribution in [0.4, 0.5) is 0 Å². The van der Waals surface area contributed by atoms with Crippen molar-refractivity contribution in [2.75, 3.05) is 14.2 Å². The summed E-state index contributed by atoms with van der Waals surface area (Å²) in [6, 6.07) is 15.0. The van der Waals surface area contributed by atoms with Gasteiger partial charge in [-0.3, -0.25) is 9.69 Å². The molecule has 0 aliphatic rings. The van der Waals surface area contributed by atoms with Gasteiger partial charge < -0.3 is 9.72 Å². The second kappa shape index (κ2) is 7.49. The Morgan fingerprint density at radius 3 is 2.65 bits per heavy atom. The fraction of sp³-hybridized carbons (Fsp3) is 0.250. The summed E-state index contributed by atoms with van der Waals surface area (Å²) in [6.07, 6.45) is 0. The molecule has 0 unspecified atom stereocenters. The fourth-order valence-corrected chi connectivity index (χ4v) is 2.87.